The third-order valence-corrected chi connectivity index (χ3v) is 4.63. The molecule has 0 aromatic carbocycles. The summed E-state index contributed by atoms with van der Waals surface area (Å²) in [5, 5.41) is 13.1. The molecule has 0 bridgehead atoms. The van der Waals surface area contributed by atoms with E-state index in [9.17, 15) is 5.21 Å². The zero-order valence-electron chi connectivity index (χ0n) is 11.1. The van der Waals surface area contributed by atoms with Crippen LogP contribution in [-0.2, 0) is 0 Å². The lowest BCUT2D eigenvalue weighted by Crippen LogP contribution is -2.34. The predicted molar refractivity (Wildman–Crippen MR) is 79.0 cm³/mol. The van der Waals surface area contributed by atoms with Gasteiger partial charge in [0.15, 0.2) is 0 Å². The number of rotatable bonds is 3. The third-order valence-electron chi connectivity index (χ3n) is 3.89. The molecule has 1 fully saturated rings. The van der Waals surface area contributed by atoms with E-state index in [-0.39, 0.29) is 6.04 Å². The first kappa shape index (κ1) is 12.8. The Bertz CT molecular complexity index is 563. The van der Waals surface area contributed by atoms with Crippen LogP contribution in [0.4, 0.5) is 5.69 Å². The molecule has 1 aliphatic rings. The minimum Gasteiger partial charge on any atom is -0.346 e. The van der Waals surface area contributed by atoms with Crippen molar-refractivity contribution in [3.63, 3.8) is 0 Å². The summed E-state index contributed by atoms with van der Waals surface area (Å²) in [5.41, 5.74) is 1.74. The second kappa shape index (κ2) is 5.43. The molecule has 0 spiro atoms. The van der Waals surface area contributed by atoms with Crippen LogP contribution in [0.3, 0.4) is 0 Å². The van der Waals surface area contributed by atoms with E-state index in [1.165, 1.54) is 24.3 Å². The summed E-state index contributed by atoms with van der Waals surface area (Å²) in [6.45, 7) is 0. The molecule has 5 heteroatoms. The number of hydrogen-bond donors (Lipinski definition) is 2. The van der Waals surface area contributed by atoms with Crippen molar-refractivity contribution in [2.24, 2.45) is 0 Å². The van der Waals surface area contributed by atoms with Gasteiger partial charge in [-0.1, -0.05) is 19.3 Å². The summed E-state index contributed by atoms with van der Waals surface area (Å²) in [5.74, 6) is 0. The Kier molecular flexibility index (Phi) is 3.66. The van der Waals surface area contributed by atoms with Gasteiger partial charge in [0.05, 0.1) is 16.6 Å². The van der Waals surface area contributed by atoms with E-state index in [4.69, 9.17) is 0 Å². The van der Waals surface area contributed by atoms with Gasteiger partial charge in [0.1, 0.15) is 5.65 Å². The molecule has 1 saturated carbocycles. The van der Waals surface area contributed by atoms with Crippen LogP contribution >= 0.6 is 11.8 Å². The second-order valence-electron chi connectivity index (χ2n) is 5.05. The first-order valence-corrected chi connectivity index (χ1v) is 8.02. The van der Waals surface area contributed by atoms with Crippen molar-refractivity contribution in [3.8, 4) is 0 Å². The van der Waals surface area contributed by atoms with Gasteiger partial charge < -0.3 is 4.98 Å². The number of hydrogen-bond acceptors (Lipinski definition) is 4. The molecule has 0 radical (unpaired) electrons. The minimum atomic E-state index is 0.236. The Hall–Kier alpha value is -1.20. The zero-order chi connectivity index (χ0) is 13.2. The lowest BCUT2D eigenvalue weighted by molar-refractivity contribution is 0.189. The number of H-pyrrole nitrogens is 1. The maximum atomic E-state index is 10.7. The largest absolute Gasteiger partial charge is 0.346 e. The molecule has 3 rings (SSSR count). The van der Waals surface area contributed by atoms with Gasteiger partial charge >= 0.3 is 0 Å². The molecule has 0 saturated heterocycles. The van der Waals surface area contributed by atoms with Gasteiger partial charge in [0.25, 0.3) is 0 Å². The quantitative estimate of drug-likeness (QED) is 0.661. The Labute approximate surface area is 117 Å². The van der Waals surface area contributed by atoms with Crippen LogP contribution in [0.2, 0.25) is 0 Å². The molecule has 102 valence electrons. The standard InChI is InChI=1S/C14H19N3OS/c1-19-12-9-16-14-11(7-8-15-14)13(12)17(18)10-5-3-2-4-6-10/h7-10,18H,2-6H2,1H3,(H,15,16). The number of aromatic amines is 1. The van der Waals surface area contributed by atoms with Crippen LogP contribution in [0.15, 0.2) is 23.4 Å². The molecule has 4 nitrogen and oxygen atoms in total. The molecule has 2 N–H and O–H groups in total. The molecule has 0 amide bonds. The smallest absolute Gasteiger partial charge is 0.139 e. The Morgan fingerprint density at radius 3 is 2.89 bits per heavy atom. The van der Waals surface area contributed by atoms with Crippen molar-refractivity contribution in [1.82, 2.24) is 9.97 Å². The fourth-order valence-corrected chi connectivity index (χ4v) is 3.42. The summed E-state index contributed by atoms with van der Waals surface area (Å²) in [6, 6.07) is 2.23. The highest BCUT2D eigenvalue weighted by molar-refractivity contribution is 7.98. The van der Waals surface area contributed by atoms with E-state index < -0.39 is 0 Å². The van der Waals surface area contributed by atoms with Crippen molar-refractivity contribution >= 4 is 28.5 Å². The Morgan fingerprint density at radius 2 is 2.16 bits per heavy atom. The first-order valence-electron chi connectivity index (χ1n) is 6.79. The number of thioether (sulfide) groups is 1. The Morgan fingerprint density at radius 1 is 1.37 bits per heavy atom. The van der Waals surface area contributed by atoms with E-state index in [1.54, 1.807) is 11.8 Å². The summed E-state index contributed by atoms with van der Waals surface area (Å²) >= 11 is 1.63. The maximum Gasteiger partial charge on any atom is 0.139 e. The minimum absolute atomic E-state index is 0.236. The molecule has 2 aromatic heterocycles. The maximum absolute atomic E-state index is 10.7. The van der Waals surface area contributed by atoms with Crippen LogP contribution < -0.4 is 5.06 Å². The molecule has 2 aromatic rings. The number of aromatic nitrogens is 2. The van der Waals surface area contributed by atoms with Gasteiger partial charge in [-0.05, 0) is 25.2 Å². The number of nitrogens with one attached hydrogen (secondary N) is 1. The number of pyridine rings is 1. The number of anilines is 1. The molecule has 0 aliphatic heterocycles. The van der Waals surface area contributed by atoms with Gasteiger partial charge in [0.2, 0.25) is 0 Å². The normalized spacial score (nSPS) is 16.9. The molecular weight excluding hydrogens is 258 g/mol. The van der Waals surface area contributed by atoms with Gasteiger partial charge in [-0.15, -0.1) is 11.8 Å². The van der Waals surface area contributed by atoms with Gasteiger partial charge in [-0.3, -0.25) is 10.3 Å². The van der Waals surface area contributed by atoms with Crippen molar-refractivity contribution in [2.45, 2.75) is 43.0 Å². The SMILES string of the molecule is CSc1cnc2[nH]ccc2c1N(O)C1CCCCC1. The van der Waals surface area contributed by atoms with E-state index in [2.05, 4.69) is 9.97 Å². The lowest BCUT2D eigenvalue weighted by atomic mass is 9.95. The van der Waals surface area contributed by atoms with E-state index in [0.717, 1.165) is 34.5 Å². The first-order chi connectivity index (χ1) is 9.31. The highest BCUT2D eigenvalue weighted by Crippen LogP contribution is 2.37. The van der Waals surface area contributed by atoms with Crippen molar-refractivity contribution in [2.75, 3.05) is 11.3 Å². The average Bonchev–Trinajstić information content (AvgIpc) is 2.94. The molecule has 0 atom stereocenters. The number of fused-ring (bicyclic) bond motifs is 1. The van der Waals surface area contributed by atoms with Crippen LogP contribution in [0.1, 0.15) is 32.1 Å². The third kappa shape index (κ3) is 2.32. The van der Waals surface area contributed by atoms with Crippen LogP contribution in [0.5, 0.6) is 0 Å². The summed E-state index contributed by atoms with van der Waals surface area (Å²) in [7, 11) is 0. The van der Waals surface area contributed by atoms with E-state index in [0.29, 0.717) is 0 Å². The van der Waals surface area contributed by atoms with Crippen molar-refractivity contribution in [3.05, 3.63) is 18.5 Å². The van der Waals surface area contributed by atoms with Gasteiger partial charge in [-0.2, -0.15) is 0 Å². The fraction of sp³-hybridized carbons (Fsp3) is 0.500. The van der Waals surface area contributed by atoms with Crippen LogP contribution in [0.25, 0.3) is 11.0 Å². The van der Waals surface area contributed by atoms with Gasteiger partial charge in [0, 0.05) is 17.8 Å². The average molecular weight is 277 g/mol. The Balaban J connectivity index is 2.03. The second-order valence-corrected chi connectivity index (χ2v) is 5.90. The topological polar surface area (TPSA) is 52.2 Å². The molecule has 0 unspecified atom stereocenters. The lowest BCUT2D eigenvalue weighted by Gasteiger charge is -2.32. The van der Waals surface area contributed by atoms with Crippen LogP contribution in [-0.4, -0.2) is 27.5 Å². The monoisotopic (exact) mass is 277 g/mol. The fourth-order valence-electron chi connectivity index (χ4n) is 2.87. The highest BCUT2D eigenvalue weighted by atomic mass is 32.2. The zero-order valence-corrected chi connectivity index (χ0v) is 11.9. The van der Waals surface area contributed by atoms with Crippen LogP contribution in [0, 0.1) is 0 Å². The molecular formula is C14H19N3OS. The summed E-state index contributed by atoms with van der Waals surface area (Å²) in [4.78, 5) is 8.52. The predicted octanol–water partition coefficient (Wildman–Crippen LogP) is 3.81. The number of hydroxylamine groups is 1. The van der Waals surface area contributed by atoms with Gasteiger partial charge in [-0.25, -0.2) is 4.98 Å². The number of nitrogens with zero attached hydrogens (tertiary/aromatic N) is 2. The highest BCUT2D eigenvalue weighted by Gasteiger charge is 2.24. The summed E-state index contributed by atoms with van der Waals surface area (Å²) < 4.78 is 0. The summed E-state index contributed by atoms with van der Waals surface area (Å²) in [6.07, 6.45) is 11.6. The van der Waals surface area contributed by atoms with E-state index >= 15 is 0 Å². The van der Waals surface area contributed by atoms with Crippen molar-refractivity contribution < 1.29 is 5.21 Å². The molecule has 2 heterocycles. The molecule has 1 aliphatic carbocycles. The van der Waals surface area contributed by atoms with Crippen molar-refractivity contribution in [1.29, 1.82) is 0 Å². The van der Waals surface area contributed by atoms with E-state index in [1.807, 2.05) is 24.7 Å². The molecule has 19 heavy (non-hydrogen) atoms.